The van der Waals surface area contributed by atoms with Gasteiger partial charge in [0.2, 0.25) is 0 Å². The fourth-order valence-electron chi connectivity index (χ4n) is 2.23. The topological polar surface area (TPSA) is 81.1 Å². The normalized spacial score (nSPS) is 20.7. The average Bonchev–Trinajstić information content (AvgIpc) is 3.21. The van der Waals surface area contributed by atoms with Crippen molar-refractivity contribution in [3.05, 3.63) is 10.4 Å². The third-order valence-corrected chi connectivity index (χ3v) is 5.17. The first-order valence-corrected chi connectivity index (χ1v) is 7.28. The van der Waals surface area contributed by atoms with Crippen LogP contribution in [0.5, 0.6) is 0 Å². The molecule has 0 saturated heterocycles. The van der Waals surface area contributed by atoms with E-state index in [1.54, 1.807) is 0 Å². The summed E-state index contributed by atoms with van der Waals surface area (Å²) in [6.07, 6.45) is 4.90. The van der Waals surface area contributed by atoms with Crippen LogP contribution in [0.1, 0.15) is 53.8 Å². The Morgan fingerprint density at radius 2 is 2.17 bits per heavy atom. The largest absolute Gasteiger partial charge is 0.397 e. The van der Waals surface area contributed by atoms with Gasteiger partial charge in [-0.05, 0) is 37.0 Å². The van der Waals surface area contributed by atoms with Crippen molar-refractivity contribution < 1.29 is 4.79 Å². The van der Waals surface area contributed by atoms with Gasteiger partial charge in [-0.2, -0.15) is 0 Å². The maximum Gasteiger partial charge on any atom is 0.260 e. The monoisotopic (exact) mass is 265 g/mol. The summed E-state index contributed by atoms with van der Waals surface area (Å²) >= 11 is 1.42. The van der Waals surface area contributed by atoms with Crippen LogP contribution in [0.2, 0.25) is 0 Å². The van der Waals surface area contributed by atoms with E-state index >= 15 is 0 Å². The Morgan fingerprint density at radius 3 is 2.67 bits per heavy atom. The molecule has 2 saturated carbocycles. The molecular formula is C13H19N3OS. The van der Waals surface area contributed by atoms with E-state index in [0.717, 1.165) is 17.1 Å². The maximum absolute atomic E-state index is 11.4. The van der Waals surface area contributed by atoms with Gasteiger partial charge in [-0.1, -0.05) is 6.92 Å². The molecule has 1 amide bonds. The summed E-state index contributed by atoms with van der Waals surface area (Å²) in [6.45, 7) is 3.24. The molecule has 0 unspecified atom stereocenters. The summed E-state index contributed by atoms with van der Waals surface area (Å²) in [6, 6.07) is 0. The summed E-state index contributed by atoms with van der Waals surface area (Å²) in [5, 5.41) is 4.55. The zero-order chi connectivity index (χ0) is 12.9. The third kappa shape index (κ3) is 2.07. The summed E-state index contributed by atoms with van der Waals surface area (Å²) in [4.78, 5) is 11.9. The molecule has 0 radical (unpaired) electrons. The first-order chi connectivity index (χ1) is 8.50. The first-order valence-electron chi connectivity index (χ1n) is 6.46. The van der Waals surface area contributed by atoms with Gasteiger partial charge in [-0.25, -0.2) is 0 Å². The molecule has 0 aromatic carbocycles. The van der Waals surface area contributed by atoms with Gasteiger partial charge < -0.3 is 16.8 Å². The molecule has 1 aromatic heterocycles. The molecule has 5 heteroatoms. The quantitative estimate of drug-likeness (QED) is 0.765. The minimum atomic E-state index is -0.412. The molecule has 2 aliphatic rings. The van der Waals surface area contributed by atoms with Gasteiger partial charge in [0.05, 0.1) is 10.7 Å². The smallest absolute Gasteiger partial charge is 0.260 e. The number of carbonyl (C=O) groups is 1. The van der Waals surface area contributed by atoms with E-state index in [9.17, 15) is 4.79 Å². The van der Waals surface area contributed by atoms with Crippen LogP contribution < -0.4 is 16.8 Å². The lowest BCUT2D eigenvalue weighted by atomic mass is 10.1. The van der Waals surface area contributed by atoms with Crippen LogP contribution in [0.4, 0.5) is 10.7 Å². The minimum absolute atomic E-state index is 0.412. The number of anilines is 2. The second-order valence-corrected chi connectivity index (χ2v) is 6.91. The van der Waals surface area contributed by atoms with Gasteiger partial charge in [0, 0.05) is 12.1 Å². The molecule has 5 N–H and O–H groups in total. The Kier molecular flexibility index (Phi) is 2.55. The lowest BCUT2D eigenvalue weighted by Crippen LogP contribution is -2.11. The predicted octanol–water partition coefficient (Wildman–Crippen LogP) is 2.52. The van der Waals surface area contributed by atoms with Crippen LogP contribution in [0, 0.1) is 5.41 Å². The number of hydrogen-bond donors (Lipinski definition) is 3. The lowest BCUT2D eigenvalue weighted by Gasteiger charge is -2.11. The highest BCUT2D eigenvalue weighted by atomic mass is 32.1. The van der Waals surface area contributed by atoms with Crippen LogP contribution in [-0.4, -0.2) is 12.5 Å². The standard InChI is InChI=1S/C13H19N3OS/c1-13(4-5-13)6-16-12-8(7-2-3-7)9(14)10(18-12)11(15)17/h7,16H,2-6,14H2,1H3,(H2,15,17). The Morgan fingerprint density at radius 1 is 1.50 bits per heavy atom. The lowest BCUT2D eigenvalue weighted by molar-refractivity contribution is 0.100. The average molecular weight is 265 g/mol. The van der Waals surface area contributed by atoms with Crippen molar-refractivity contribution in [1.82, 2.24) is 0 Å². The summed E-state index contributed by atoms with van der Waals surface area (Å²) in [5.41, 5.74) is 13.6. The fourth-order valence-corrected chi connectivity index (χ4v) is 3.29. The second-order valence-electron chi connectivity index (χ2n) is 5.89. The minimum Gasteiger partial charge on any atom is -0.397 e. The van der Waals surface area contributed by atoms with Crippen molar-refractivity contribution in [3.63, 3.8) is 0 Å². The van der Waals surface area contributed by atoms with Gasteiger partial charge in [-0.15, -0.1) is 11.3 Å². The molecule has 4 nitrogen and oxygen atoms in total. The Hall–Kier alpha value is -1.23. The maximum atomic E-state index is 11.4. The fraction of sp³-hybridized carbons (Fsp3) is 0.615. The summed E-state index contributed by atoms with van der Waals surface area (Å²) < 4.78 is 0. The third-order valence-electron chi connectivity index (χ3n) is 3.97. The van der Waals surface area contributed by atoms with E-state index < -0.39 is 5.91 Å². The number of nitrogens with one attached hydrogen (secondary N) is 1. The number of rotatable bonds is 5. The second kappa shape index (κ2) is 3.88. The molecule has 1 heterocycles. The SMILES string of the molecule is CC1(CNc2sc(C(N)=O)c(N)c2C2CC2)CC1. The van der Waals surface area contributed by atoms with E-state index in [-0.39, 0.29) is 0 Å². The molecule has 0 atom stereocenters. The van der Waals surface area contributed by atoms with Crippen LogP contribution in [-0.2, 0) is 0 Å². The van der Waals surface area contributed by atoms with Crippen molar-refractivity contribution in [2.24, 2.45) is 11.1 Å². The van der Waals surface area contributed by atoms with Gasteiger partial charge >= 0.3 is 0 Å². The van der Waals surface area contributed by atoms with Crippen LogP contribution in [0.15, 0.2) is 0 Å². The van der Waals surface area contributed by atoms with Gasteiger partial charge in [0.15, 0.2) is 0 Å². The van der Waals surface area contributed by atoms with Gasteiger partial charge in [-0.3, -0.25) is 4.79 Å². The highest BCUT2D eigenvalue weighted by molar-refractivity contribution is 7.18. The number of amides is 1. The zero-order valence-corrected chi connectivity index (χ0v) is 11.4. The predicted molar refractivity (Wildman–Crippen MR) is 75.1 cm³/mol. The summed E-state index contributed by atoms with van der Waals surface area (Å²) in [7, 11) is 0. The number of primary amides is 1. The Labute approximate surface area is 111 Å². The van der Waals surface area contributed by atoms with E-state index in [1.165, 1.54) is 37.0 Å². The van der Waals surface area contributed by atoms with E-state index in [0.29, 0.717) is 21.9 Å². The molecule has 3 rings (SSSR count). The number of hydrogen-bond acceptors (Lipinski definition) is 4. The van der Waals surface area contributed by atoms with Crippen molar-refractivity contribution in [1.29, 1.82) is 0 Å². The number of thiophene rings is 1. The Balaban J connectivity index is 1.86. The van der Waals surface area contributed by atoms with Crippen molar-refractivity contribution in [2.75, 3.05) is 17.6 Å². The molecule has 0 bridgehead atoms. The van der Waals surface area contributed by atoms with Crippen LogP contribution >= 0.6 is 11.3 Å². The van der Waals surface area contributed by atoms with Crippen LogP contribution in [0.3, 0.4) is 0 Å². The number of nitrogens with two attached hydrogens (primary N) is 2. The summed E-state index contributed by atoms with van der Waals surface area (Å²) in [5.74, 6) is 0.119. The molecule has 1 aromatic rings. The Bertz CT molecular complexity index is 501. The number of nitrogen functional groups attached to an aromatic ring is 1. The first kappa shape index (κ1) is 11.8. The van der Waals surface area contributed by atoms with Crippen molar-refractivity contribution in [2.45, 2.75) is 38.5 Å². The van der Waals surface area contributed by atoms with Crippen molar-refractivity contribution in [3.8, 4) is 0 Å². The highest BCUT2D eigenvalue weighted by Crippen LogP contribution is 2.52. The van der Waals surface area contributed by atoms with Gasteiger partial charge in [0.1, 0.15) is 4.88 Å². The number of carbonyl (C=O) groups excluding carboxylic acids is 1. The van der Waals surface area contributed by atoms with Gasteiger partial charge in [0.25, 0.3) is 5.91 Å². The zero-order valence-electron chi connectivity index (χ0n) is 10.6. The molecule has 0 spiro atoms. The van der Waals surface area contributed by atoms with Crippen molar-refractivity contribution >= 4 is 27.9 Å². The molecule has 0 aliphatic heterocycles. The highest BCUT2D eigenvalue weighted by Gasteiger charge is 2.38. The van der Waals surface area contributed by atoms with E-state index in [1.807, 2.05) is 0 Å². The molecule has 18 heavy (non-hydrogen) atoms. The van der Waals surface area contributed by atoms with E-state index in [4.69, 9.17) is 11.5 Å². The molecule has 98 valence electrons. The molecular weight excluding hydrogens is 246 g/mol. The molecule has 2 fully saturated rings. The molecule has 2 aliphatic carbocycles. The van der Waals surface area contributed by atoms with E-state index in [2.05, 4.69) is 12.2 Å². The van der Waals surface area contributed by atoms with Crippen LogP contribution in [0.25, 0.3) is 0 Å².